The van der Waals surface area contributed by atoms with E-state index in [4.69, 9.17) is 4.74 Å². The second kappa shape index (κ2) is 10.3. The maximum Gasteiger partial charge on any atom is 0.261 e. The van der Waals surface area contributed by atoms with E-state index in [1.165, 1.54) is 11.0 Å². The van der Waals surface area contributed by atoms with Gasteiger partial charge in [0.05, 0.1) is 17.7 Å². The van der Waals surface area contributed by atoms with Gasteiger partial charge in [-0.25, -0.2) is 0 Å². The van der Waals surface area contributed by atoms with E-state index in [0.717, 1.165) is 5.56 Å². The Balaban J connectivity index is 1.22. The van der Waals surface area contributed by atoms with Gasteiger partial charge < -0.3 is 10.1 Å². The van der Waals surface area contributed by atoms with Crippen molar-refractivity contribution >= 4 is 23.4 Å². The summed E-state index contributed by atoms with van der Waals surface area (Å²) in [4.78, 5) is 39.9. The van der Waals surface area contributed by atoms with Crippen molar-refractivity contribution < 1.29 is 19.1 Å². The lowest BCUT2D eigenvalue weighted by molar-refractivity contribution is 0.0656. The molecule has 0 spiro atoms. The van der Waals surface area contributed by atoms with Gasteiger partial charge in [0.15, 0.2) is 0 Å². The molecule has 2 heterocycles. The average molecular weight is 481 g/mol. The van der Waals surface area contributed by atoms with Gasteiger partial charge in [-0.05, 0) is 48.4 Å². The van der Waals surface area contributed by atoms with Crippen LogP contribution in [0, 0.1) is 0 Å². The monoisotopic (exact) mass is 480 g/mol. The fourth-order valence-electron chi connectivity index (χ4n) is 4.08. The number of aromatic nitrogens is 2. The summed E-state index contributed by atoms with van der Waals surface area (Å²) in [6, 6.07) is 23.2. The number of fused-ring (bicyclic) bond motifs is 1. The van der Waals surface area contributed by atoms with E-state index < -0.39 is 0 Å². The summed E-state index contributed by atoms with van der Waals surface area (Å²) in [5.74, 6) is -0.482. The van der Waals surface area contributed by atoms with Crippen LogP contribution < -0.4 is 10.1 Å². The smallest absolute Gasteiger partial charge is 0.261 e. The molecule has 180 valence electrons. The number of benzene rings is 3. The van der Waals surface area contributed by atoms with Crippen molar-refractivity contribution in [3.63, 3.8) is 0 Å². The van der Waals surface area contributed by atoms with Crippen molar-refractivity contribution in [2.75, 3.05) is 18.5 Å². The quantitative estimate of drug-likeness (QED) is 0.365. The van der Waals surface area contributed by atoms with Gasteiger partial charge in [-0.2, -0.15) is 5.10 Å². The standard InChI is InChI=1S/C28H24N4O4/c33-26(30-22-8-4-9-23(19-22)36-17-16-31-14-5-13-29-31)21-10-11-24-25(18-21)28(35)32(27(24)34)15-12-20-6-2-1-3-7-20/h1-11,13-14,18-19H,12,15-17H2,(H,30,33). The summed E-state index contributed by atoms with van der Waals surface area (Å²) in [7, 11) is 0. The average Bonchev–Trinajstić information content (AvgIpc) is 3.50. The van der Waals surface area contributed by atoms with Crippen LogP contribution >= 0.6 is 0 Å². The lowest BCUT2D eigenvalue weighted by atomic mass is 10.1. The zero-order chi connectivity index (χ0) is 24.9. The number of ether oxygens (including phenoxy) is 1. The van der Waals surface area contributed by atoms with E-state index >= 15 is 0 Å². The second-order valence-electron chi connectivity index (χ2n) is 8.36. The Bertz CT molecular complexity index is 1400. The van der Waals surface area contributed by atoms with Crippen LogP contribution in [0.15, 0.2) is 91.3 Å². The fourth-order valence-corrected chi connectivity index (χ4v) is 4.08. The van der Waals surface area contributed by atoms with Gasteiger partial charge in [-0.1, -0.05) is 36.4 Å². The number of rotatable bonds is 9. The molecular formula is C28H24N4O4. The summed E-state index contributed by atoms with van der Waals surface area (Å²) in [6.07, 6.45) is 4.14. The normalized spacial score (nSPS) is 12.5. The van der Waals surface area contributed by atoms with Crippen LogP contribution in [0.5, 0.6) is 5.75 Å². The molecule has 0 fully saturated rings. The molecule has 36 heavy (non-hydrogen) atoms. The molecule has 0 bridgehead atoms. The number of carbonyl (C=O) groups excluding carboxylic acids is 3. The lowest BCUT2D eigenvalue weighted by Gasteiger charge is -2.13. The molecule has 0 saturated carbocycles. The Hall–Kier alpha value is -4.72. The second-order valence-corrected chi connectivity index (χ2v) is 8.36. The van der Waals surface area contributed by atoms with Gasteiger partial charge in [0.2, 0.25) is 0 Å². The molecule has 1 aliphatic heterocycles. The summed E-state index contributed by atoms with van der Waals surface area (Å²) >= 11 is 0. The molecule has 5 rings (SSSR count). The van der Waals surface area contributed by atoms with Gasteiger partial charge in [-0.3, -0.25) is 24.0 Å². The first-order valence-corrected chi connectivity index (χ1v) is 11.6. The Morgan fingerprint density at radius 2 is 1.69 bits per heavy atom. The van der Waals surface area contributed by atoms with E-state index in [2.05, 4.69) is 10.4 Å². The van der Waals surface area contributed by atoms with Crippen molar-refractivity contribution in [3.8, 4) is 5.75 Å². The van der Waals surface area contributed by atoms with Gasteiger partial charge in [0, 0.05) is 36.3 Å². The maximum atomic E-state index is 12.9. The minimum atomic E-state index is -0.381. The Morgan fingerprint density at radius 3 is 2.50 bits per heavy atom. The molecule has 0 radical (unpaired) electrons. The largest absolute Gasteiger partial charge is 0.492 e. The van der Waals surface area contributed by atoms with Crippen LogP contribution in [0.2, 0.25) is 0 Å². The van der Waals surface area contributed by atoms with Gasteiger partial charge >= 0.3 is 0 Å². The number of amides is 3. The molecule has 0 unspecified atom stereocenters. The number of nitrogens with zero attached hydrogens (tertiary/aromatic N) is 3. The minimum Gasteiger partial charge on any atom is -0.492 e. The predicted octanol–water partition coefficient (Wildman–Crippen LogP) is 4.05. The third-order valence-corrected chi connectivity index (χ3v) is 5.94. The SMILES string of the molecule is O=C(Nc1cccc(OCCn2cccn2)c1)c1ccc2c(c1)C(=O)N(CCc1ccccc1)C2=O. The molecule has 3 amide bonds. The highest BCUT2D eigenvalue weighted by Gasteiger charge is 2.35. The Kier molecular flexibility index (Phi) is 6.57. The van der Waals surface area contributed by atoms with Crippen LogP contribution in [0.3, 0.4) is 0 Å². The number of carbonyl (C=O) groups is 3. The van der Waals surface area contributed by atoms with Gasteiger partial charge in [-0.15, -0.1) is 0 Å². The minimum absolute atomic E-state index is 0.247. The number of hydrogen-bond acceptors (Lipinski definition) is 5. The van der Waals surface area contributed by atoms with Crippen LogP contribution in [-0.2, 0) is 13.0 Å². The molecule has 3 aromatic carbocycles. The van der Waals surface area contributed by atoms with E-state index in [0.29, 0.717) is 42.1 Å². The number of nitrogens with one attached hydrogen (secondary N) is 1. The molecule has 8 heteroatoms. The number of hydrogen-bond donors (Lipinski definition) is 1. The summed E-state index contributed by atoms with van der Waals surface area (Å²) in [6.45, 7) is 1.32. The maximum absolute atomic E-state index is 12.9. The van der Waals surface area contributed by atoms with E-state index in [1.54, 1.807) is 41.2 Å². The van der Waals surface area contributed by atoms with E-state index in [1.807, 2.05) is 48.7 Å². The summed E-state index contributed by atoms with van der Waals surface area (Å²) < 4.78 is 7.53. The molecule has 0 aliphatic carbocycles. The molecule has 1 aliphatic rings. The van der Waals surface area contributed by atoms with Crippen molar-refractivity contribution in [1.82, 2.24) is 14.7 Å². The molecular weight excluding hydrogens is 456 g/mol. The number of imide groups is 1. The van der Waals surface area contributed by atoms with E-state index in [-0.39, 0.29) is 29.8 Å². The van der Waals surface area contributed by atoms with Crippen LogP contribution in [0.1, 0.15) is 36.6 Å². The predicted molar refractivity (Wildman–Crippen MR) is 134 cm³/mol. The summed E-state index contributed by atoms with van der Waals surface area (Å²) in [5, 5.41) is 6.96. The first-order valence-electron chi connectivity index (χ1n) is 11.6. The molecule has 4 aromatic rings. The van der Waals surface area contributed by atoms with Gasteiger partial charge in [0.25, 0.3) is 17.7 Å². The van der Waals surface area contributed by atoms with Crippen LogP contribution in [0.4, 0.5) is 5.69 Å². The zero-order valence-corrected chi connectivity index (χ0v) is 19.5. The van der Waals surface area contributed by atoms with Crippen molar-refractivity contribution in [3.05, 3.63) is 114 Å². The summed E-state index contributed by atoms with van der Waals surface area (Å²) in [5.41, 5.74) is 2.46. The van der Waals surface area contributed by atoms with Crippen molar-refractivity contribution in [2.24, 2.45) is 0 Å². The fraction of sp³-hybridized carbons (Fsp3) is 0.143. The Morgan fingerprint density at radius 1 is 0.861 bits per heavy atom. The molecule has 8 nitrogen and oxygen atoms in total. The van der Waals surface area contributed by atoms with Crippen LogP contribution in [-0.4, -0.2) is 45.6 Å². The highest BCUT2D eigenvalue weighted by Crippen LogP contribution is 2.25. The topological polar surface area (TPSA) is 93.5 Å². The van der Waals surface area contributed by atoms with Crippen LogP contribution in [0.25, 0.3) is 0 Å². The van der Waals surface area contributed by atoms with Gasteiger partial charge in [0.1, 0.15) is 12.4 Å². The first-order chi connectivity index (χ1) is 17.6. The van der Waals surface area contributed by atoms with Crippen molar-refractivity contribution in [1.29, 1.82) is 0 Å². The molecule has 0 saturated heterocycles. The van der Waals surface area contributed by atoms with Crippen molar-refractivity contribution in [2.45, 2.75) is 13.0 Å². The molecule has 1 aromatic heterocycles. The van der Waals surface area contributed by atoms with E-state index in [9.17, 15) is 14.4 Å². The molecule has 0 atom stereocenters. The zero-order valence-electron chi connectivity index (χ0n) is 19.5. The highest BCUT2D eigenvalue weighted by molar-refractivity contribution is 6.22. The highest BCUT2D eigenvalue weighted by atomic mass is 16.5. The molecule has 1 N–H and O–H groups in total. The Labute approximate surface area is 208 Å². The number of anilines is 1. The third-order valence-electron chi connectivity index (χ3n) is 5.94. The lowest BCUT2D eigenvalue weighted by Crippen LogP contribution is -2.31. The first kappa shape index (κ1) is 23.0. The third kappa shape index (κ3) is 5.02.